The Morgan fingerprint density at radius 2 is 2.00 bits per heavy atom. The molecule has 0 aromatic heterocycles. The Hall–Kier alpha value is -1.32. The lowest BCUT2D eigenvalue weighted by Gasteiger charge is -2.21. The molecule has 0 saturated heterocycles. The standard InChI is InChI=1S/C13H23NO3/c1-5-6-7-8-11(4)17-13(16)12(10(2)3)14-9-15/h5-6,9-12H,7-8H2,1-4H3,(H,14,15)/b6-5+/t11-,12+/m1/s1. The zero-order valence-corrected chi connectivity index (χ0v) is 11.1. The molecule has 0 bridgehead atoms. The number of carbonyl (C=O) groups excluding carboxylic acids is 2. The van der Waals surface area contributed by atoms with Gasteiger partial charge in [-0.3, -0.25) is 4.79 Å². The Bertz CT molecular complexity index is 261. The van der Waals surface area contributed by atoms with Gasteiger partial charge in [-0.2, -0.15) is 0 Å². The first-order valence-electron chi connectivity index (χ1n) is 6.04. The van der Waals surface area contributed by atoms with E-state index < -0.39 is 6.04 Å². The lowest BCUT2D eigenvalue weighted by molar-refractivity contribution is -0.153. The quantitative estimate of drug-likeness (QED) is 0.402. The molecule has 0 aromatic rings. The first kappa shape index (κ1) is 15.7. The second-order valence-electron chi connectivity index (χ2n) is 4.40. The summed E-state index contributed by atoms with van der Waals surface area (Å²) in [5, 5.41) is 2.49. The maximum Gasteiger partial charge on any atom is 0.329 e. The van der Waals surface area contributed by atoms with E-state index in [0.717, 1.165) is 12.8 Å². The fraction of sp³-hybridized carbons (Fsp3) is 0.692. The van der Waals surface area contributed by atoms with Gasteiger partial charge in [-0.1, -0.05) is 26.0 Å². The summed E-state index contributed by atoms with van der Waals surface area (Å²) in [6.45, 7) is 7.55. The molecule has 0 heterocycles. The van der Waals surface area contributed by atoms with Gasteiger partial charge in [0.2, 0.25) is 6.41 Å². The van der Waals surface area contributed by atoms with Gasteiger partial charge in [0, 0.05) is 0 Å². The number of rotatable bonds is 8. The van der Waals surface area contributed by atoms with Crippen LogP contribution in [0.25, 0.3) is 0 Å². The molecule has 0 fully saturated rings. The minimum absolute atomic E-state index is 0.0236. The van der Waals surface area contributed by atoms with E-state index in [1.54, 1.807) is 0 Å². The van der Waals surface area contributed by atoms with E-state index in [4.69, 9.17) is 4.74 Å². The zero-order valence-electron chi connectivity index (χ0n) is 11.1. The van der Waals surface area contributed by atoms with Crippen LogP contribution in [0.15, 0.2) is 12.2 Å². The molecule has 0 unspecified atom stereocenters. The molecule has 17 heavy (non-hydrogen) atoms. The molecule has 1 amide bonds. The predicted octanol–water partition coefficient (Wildman–Crippen LogP) is 2.04. The topological polar surface area (TPSA) is 55.4 Å². The fourth-order valence-corrected chi connectivity index (χ4v) is 1.43. The lowest BCUT2D eigenvalue weighted by Crippen LogP contribution is -2.42. The summed E-state index contributed by atoms with van der Waals surface area (Å²) in [7, 11) is 0. The largest absolute Gasteiger partial charge is 0.461 e. The average molecular weight is 241 g/mol. The number of hydrogen-bond donors (Lipinski definition) is 1. The van der Waals surface area contributed by atoms with Crippen LogP contribution in [-0.2, 0) is 14.3 Å². The minimum Gasteiger partial charge on any atom is -0.461 e. The third-order valence-electron chi connectivity index (χ3n) is 2.46. The SMILES string of the molecule is C/C=C/CC[C@@H](C)OC(=O)[C@@H](NC=O)C(C)C. The summed E-state index contributed by atoms with van der Waals surface area (Å²) in [4.78, 5) is 22.1. The van der Waals surface area contributed by atoms with Gasteiger partial charge in [0.15, 0.2) is 0 Å². The molecule has 98 valence electrons. The van der Waals surface area contributed by atoms with Crippen molar-refractivity contribution in [3.05, 3.63) is 12.2 Å². The fourth-order valence-electron chi connectivity index (χ4n) is 1.43. The Labute approximate surface area is 103 Å². The number of ether oxygens (including phenoxy) is 1. The van der Waals surface area contributed by atoms with Gasteiger partial charge < -0.3 is 10.1 Å². The van der Waals surface area contributed by atoms with Gasteiger partial charge in [-0.15, -0.1) is 0 Å². The van der Waals surface area contributed by atoms with Crippen LogP contribution in [0.3, 0.4) is 0 Å². The highest BCUT2D eigenvalue weighted by Gasteiger charge is 2.24. The predicted molar refractivity (Wildman–Crippen MR) is 67.4 cm³/mol. The highest BCUT2D eigenvalue weighted by molar-refractivity contribution is 5.78. The summed E-state index contributed by atoms with van der Waals surface area (Å²) in [5.41, 5.74) is 0. The van der Waals surface area contributed by atoms with E-state index in [1.807, 2.05) is 39.8 Å². The van der Waals surface area contributed by atoms with E-state index >= 15 is 0 Å². The summed E-state index contributed by atoms with van der Waals surface area (Å²) in [6.07, 6.45) is 6.10. The van der Waals surface area contributed by atoms with Crippen molar-refractivity contribution in [2.45, 2.75) is 52.7 Å². The van der Waals surface area contributed by atoms with Crippen LogP contribution in [0, 0.1) is 5.92 Å². The van der Waals surface area contributed by atoms with Crippen LogP contribution in [0.5, 0.6) is 0 Å². The van der Waals surface area contributed by atoms with Crippen molar-refractivity contribution < 1.29 is 14.3 Å². The van der Waals surface area contributed by atoms with Gasteiger partial charge >= 0.3 is 5.97 Å². The molecular formula is C13H23NO3. The van der Waals surface area contributed by atoms with Gasteiger partial charge in [0.25, 0.3) is 0 Å². The number of hydrogen-bond acceptors (Lipinski definition) is 3. The van der Waals surface area contributed by atoms with Crippen molar-refractivity contribution in [2.24, 2.45) is 5.92 Å². The molecule has 0 aliphatic heterocycles. The monoisotopic (exact) mass is 241 g/mol. The van der Waals surface area contributed by atoms with Crippen molar-refractivity contribution in [2.75, 3.05) is 0 Å². The summed E-state index contributed by atoms with van der Waals surface area (Å²) in [5.74, 6) is -0.337. The van der Waals surface area contributed by atoms with Crippen molar-refractivity contribution in [1.29, 1.82) is 0 Å². The number of amides is 1. The molecule has 1 N–H and O–H groups in total. The van der Waals surface area contributed by atoms with Crippen molar-refractivity contribution >= 4 is 12.4 Å². The molecule has 0 saturated carbocycles. The maximum atomic E-state index is 11.8. The molecular weight excluding hydrogens is 218 g/mol. The van der Waals surface area contributed by atoms with Crippen LogP contribution < -0.4 is 5.32 Å². The third kappa shape index (κ3) is 6.76. The zero-order chi connectivity index (χ0) is 13.3. The van der Waals surface area contributed by atoms with Gasteiger partial charge in [0.05, 0.1) is 6.10 Å². The van der Waals surface area contributed by atoms with Crippen LogP contribution in [0.1, 0.15) is 40.5 Å². The van der Waals surface area contributed by atoms with E-state index in [9.17, 15) is 9.59 Å². The molecule has 0 aromatic carbocycles. The van der Waals surface area contributed by atoms with E-state index in [-0.39, 0.29) is 18.0 Å². The summed E-state index contributed by atoms with van der Waals surface area (Å²) in [6, 6.07) is -0.559. The number of allylic oxidation sites excluding steroid dienone is 2. The smallest absolute Gasteiger partial charge is 0.329 e. The van der Waals surface area contributed by atoms with Gasteiger partial charge in [0.1, 0.15) is 6.04 Å². The number of esters is 1. The number of nitrogens with one attached hydrogen (secondary N) is 1. The molecule has 0 radical (unpaired) electrons. The second-order valence-corrected chi connectivity index (χ2v) is 4.40. The Morgan fingerprint density at radius 3 is 2.47 bits per heavy atom. The Morgan fingerprint density at radius 1 is 1.35 bits per heavy atom. The van der Waals surface area contributed by atoms with Crippen LogP contribution in [-0.4, -0.2) is 24.5 Å². The molecule has 4 nitrogen and oxygen atoms in total. The molecule has 0 aliphatic carbocycles. The average Bonchev–Trinajstić information content (AvgIpc) is 2.25. The van der Waals surface area contributed by atoms with Crippen molar-refractivity contribution in [3.8, 4) is 0 Å². The highest BCUT2D eigenvalue weighted by Crippen LogP contribution is 2.08. The molecule has 4 heteroatoms. The maximum absolute atomic E-state index is 11.8. The molecule has 0 rings (SSSR count). The third-order valence-corrected chi connectivity index (χ3v) is 2.46. The molecule has 0 spiro atoms. The minimum atomic E-state index is -0.559. The lowest BCUT2D eigenvalue weighted by atomic mass is 10.1. The van der Waals surface area contributed by atoms with Crippen LogP contribution in [0.2, 0.25) is 0 Å². The van der Waals surface area contributed by atoms with Crippen molar-refractivity contribution in [3.63, 3.8) is 0 Å². The van der Waals surface area contributed by atoms with Gasteiger partial charge in [-0.05, 0) is 32.6 Å². The Kier molecular flexibility index (Phi) is 8.11. The summed E-state index contributed by atoms with van der Waals surface area (Å²) < 4.78 is 5.28. The molecule has 2 atom stereocenters. The Balaban J connectivity index is 4.15. The van der Waals surface area contributed by atoms with E-state index in [0.29, 0.717) is 6.41 Å². The van der Waals surface area contributed by atoms with Crippen molar-refractivity contribution in [1.82, 2.24) is 5.32 Å². The second kappa shape index (κ2) is 8.79. The highest BCUT2D eigenvalue weighted by atomic mass is 16.5. The first-order valence-corrected chi connectivity index (χ1v) is 6.04. The van der Waals surface area contributed by atoms with Crippen LogP contribution >= 0.6 is 0 Å². The normalized spacial score (nSPS) is 14.6. The first-order chi connectivity index (χ1) is 8.02. The number of carbonyl (C=O) groups is 2. The summed E-state index contributed by atoms with van der Waals surface area (Å²) >= 11 is 0. The van der Waals surface area contributed by atoms with Crippen LogP contribution in [0.4, 0.5) is 0 Å². The molecule has 0 aliphatic rings. The van der Waals surface area contributed by atoms with E-state index in [2.05, 4.69) is 5.32 Å². The van der Waals surface area contributed by atoms with Gasteiger partial charge in [-0.25, -0.2) is 4.79 Å². The van der Waals surface area contributed by atoms with E-state index in [1.165, 1.54) is 0 Å².